The van der Waals surface area contributed by atoms with Crippen molar-refractivity contribution < 1.29 is 13.2 Å². The van der Waals surface area contributed by atoms with Crippen molar-refractivity contribution in [2.24, 2.45) is 0 Å². The third-order valence-electron chi connectivity index (χ3n) is 1.63. The van der Waals surface area contributed by atoms with Crippen molar-refractivity contribution in [2.45, 2.75) is 11.9 Å². The number of halogens is 5. The highest BCUT2D eigenvalue weighted by Gasteiger charge is 2.31. The van der Waals surface area contributed by atoms with E-state index in [4.69, 9.17) is 23.2 Å². The van der Waals surface area contributed by atoms with Gasteiger partial charge in [0.05, 0.1) is 5.56 Å². The molecular formula is C8H5Cl2F3S. The molecule has 0 amide bonds. The number of benzene rings is 1. The molecule has 0 atom stereocenters. The smallest absolute Gasteiger partial charge is 0.174 e. The first-order valence-electron chi connectivity index (χ1n) is 3.52. The first-order valence-corrected chi connectivity index (χ1v) is 4.91. The highest BCUT2D eigenvalue weighted by Crippen LogP contribution is 2.36. The van der Waals surface area contributed by atoms with E-state index in [2.05, 4.69) is 12.6 Å². The Morgan fingerprint density at radius 2 is 1.57 bits per heavy atom. The molecule has 0 aliphatic rings. The van der Waals surface area contributed by atoms with Crippen LogP contribution in [0.3, 0.4) is 0 Å². The summed E-state index contributed by atoms with van der Waals surface area (Å²) >= 11 is 15.1. The van der Waals surface area contributed by atoms with Crippen molar-refractivity contribution >= 4 is 35.8 Å². The summed E-state index contributed by atoms with van der Waals surface area (Å²) in [5, 5.41) is -0.0281. The summed E-state index contributed by atoms with van der Waals surface area (Å²) in [6, 6.07) is 1.69. The second-order valence-corrected chi connectivity index (χ2v) is 3.70. The fraction of sp³-hybridized carbons (Fsp3) is 0.250. The third-order valence-corrected chi connectivity index (χ3v) is 2.62. The molecule has 0 aromatic heterocycles. The van der Waals surface area contributed by atoms with Crippen LogP contribution in [0.4, 0.5) is 13.2 Å². The molecule has 14 heavy (non-hydrogen) atoms. The van der Waals surface area contributed by atoms with Crippen molar-refractivity contribution in [1.82, 2.24) is 0 Å². The fourth-order valence-corrected chi connectivity index (χ4v) is 2.07. The van der Waals surface area contributed by atoms with E-state index in [0.29, 0.717) is 5.56 Å². The summed E-state index contributed by atoms with van der Waals surface area (Å²) in [6.07, 6.45) is -4.43. The van der Waals surface area contributed by atoms with Gasteiger partial charge in [-0.3, -0.25) is 0 Å². The lowest BCUT2D eigenvalue weighted by Gasteiger charge is -2.10. The standard InChI is InChI=1S/C8H5Cl2F3S/c9-6-1-4(8(11,12)13)2-7(10)5(6)3-14/h1-2,14H,3H2. The van der Waals surface area contributed by atoms with Crippen LogP contribution in [0.5, 0.6) is 0 Å². The maximum absolute atomic E-state index is 12.2. The summed E-state index contributed by atoms with van der Waals surface area (Å²) in [7, 11) is 0. The molecular weight excluding hydrogens is 256 g/mol. The Morgan fingerprint density at radius 3 is 1.86 bits per heavy atom. The molecule has 0 unspecified atom stereocenters. The van der Waals surface area contributed by atoms with E-state index >= 15 is 0 Å². The van der Waals surface area contributed by atoms with Crippen LogP contribution in [-0.2, 0) is 11.9 Å². The molecule has 6 heteroatoms. The van der Waals surface area contributed by atoms with Crippen molar-refractivity contribution in [3.8, 4) is 0 Å². The normalized spacial score (nSPS) is 11.9. The topological polar surface area (TPSA) is 0 Å². The first kappa shape index (κ1) is 12.0. The van der Waals surface area contributed by atoms with Crippen LogP contribution in [-0.4, -0.2) is 0 Å². The van der Waals surface area contributed by atoms with Gasteiger partial charge in [0.15, 0.2) is 0 Å². The van der Waals surface area contributed by atoms with Crippen LogP contribution >= 0.6 is 35.8 Å². The quantitative estimate of drug-likeness (QED) is 0.710. The van der Waals surface area contributed by atoms with Gasteiger partial charge in [0, 0.05) is 15.8 Å². The SMILES string of the molecule is FC(F)(F)c1cc(Cl)c(CS)c(Cl)c1. The summed E-state index contributed by atoms with van der Waals surface area (Å²) in [4.78, 5) is 0. The number of hydrogen-bond acceptors (Lipinski definition) is 1. The summed E-state index contributed by atoms with van der Waals surface area (Å²) in [6.45, 7) is 0. The number of alkyl halides is 3. The minimum atomic E-state index is -4.43. The van der Waals surface area contributed by atoms with E-state index in [0.717, 1.165) is 12.1 Å². The fourth-order valence-electron chi connectivity index (χ4n) is 0.918. The van der Waals surface area contributed by atoms with Crippen LogP contribution in [0, 0.1) is 0 Å². The maximum Gasteiger partial charge on any atom is 0.416 e. The van der Waals surface area contributed by atoms with Gasteiger partial charge in [0.2, 0.25) is 0 Å². The Kier molecular flexibility index (Phi) is 3.61. The number of hydrogen-bond donors (Lipinski definition) is 1. The Bertz CT molecular complexity index is 326. The molecule has 0 bridgehead atoms. The average molecular weight is 261 g/mol. The van der Waals surface area contributed by atoms with Crippen LogP contribution in [0.25, 0.3) is 0 Å². The average Bonchev–Trinajstić information content (AvgIpc) is 2.01. The molecule has 0 aliphatic carbocycles. The molecule has 0 radical (unpaired) electrons. The summed E-state index contributed by atoms with van der Waals surface area (Å²) in [5.41, 5.74) is -0.442. The van der Waals surface area contributed by atoms with Crippen LogP contribution in [0.1, 0.15) is 11.1 Å². The predicted octanol–water partition coefficient (Wildman–Crippen LogP) is 4.44. The van der Waals surface area contributed by atoms with Gasteiger partial charge >= 0.3 is 6.18 Å². The Labute approximate surface area is 94.4 Å². The number of rotatable bonds is 1. The molecule has 1 aromatic carbocycles. The minimum Gasteiger partial charge on any atom is -0.174 e. The summed E-state index contributed by atoms with van der Waals surface area (Å²) < 4.78 is 36.7. The number of thiol groups is 1. The molecule has 0 nitrogen and oxygen atoms in total. The maximum atomic E-state index is 12.2. The van der Waals surface area contributed by atoms with E-state index < -0.39 is 11.7 Å². The summed E-state index contributed by atoms with van der Waals surface area (Å²) in [5.74, 6) is 0.204. The van der Waals surface area contributed by atoms with E-state index in [1.54, 1.807) is 0 Å². The lowest BCUT2D eigenvalue weighted by molar-refractivity contribution is -0.137. The van der Waals surface area contributed by atoms with E-state index in [1.165, 1.54) is 0 Å². The van der Waals surface area contributed by atoms with Crippen LogP contribution < -0.4 is 0 Å². The zero-order chi connectivity index (χ0) is 10.9. The Hall–Kier alpha value is -0.0600. The molecule has 0 fully saturated rings. The van der Waals surface area contributed by atoms with Gasteiger partial charge in [-0.25, -0.2) is 0 Å². The molecule has 0 N–H and O–H groups in total. The van der Waals surface area contributed by atoms with Gasteiger partial charge in [-0.15, -0.1) is 0 Å². The Morgan fingerprint density at radius 1 is 1.14 bits per heavy atom. The largest absolute Gasteiger partial charge is 0.416 e. The van der Waals surface area contributed by atoms with Gasteiger partial charge in [-0.2, -0.15) is 25.8 Å². The molecule has 1 aromatic rings. The van der Waals surface area contributed by atoms with Gasteiger partial charge in [-0.05, 0) is 17.7 Å². The van der Waals surface area contributed by atoms with E-state index in [-0.39, 0.29) is 15.8 Å². The molecule has 0 saturated heterocycles. The molecule has 0 spiro atoms. The first-order chi connectivity index (χ1) is 6.36. The molecule has 78 valence electrons. The highest BCUT2D eigenvalue weighted by atomic mass is 35.5. The van der Waals surface area contributed by atoms with Crippen LogP contribution in [0.2, 0.25) is 10.0 Å². The van der Waals surface area contributed by atoms with Gasteiger partial charge in [0.1, 0.15) is 0 Å². The monoisotopic (exact) mass is 260 g/mol. The van der Waals surface area contributed by atoms with E-state index in [1.807, 2.05) is 0 Å². The lowest BCUT2D eigenvalue weighted by Crippen LogP contribution is -2.05. The molecule has 0 saturated carbocycles. The van der Waals surface area contributed by atoms with E-state index in [9.17, 15) is 13.2 Å². The van der Waals surface area contributed by atoms with Gasteiger partial charge in [-0.1, -0.05) is 23.2 Å². The lowest BCUT2D eigenvalue weighted by atomic mass is 10.1. The highest BCUT2D eigenvalue weighted by molar-refractivity contribution is 7.79. The van der Waals surface area contributed by atoms with Crippen molar-refractivity contribution in [1.29, 1.82) is 0 Å². The van der Waals surface area contributed by atoms with Crippen molar-refractivity contribution in [3.05, 3.63) is 33.3 Å². The Balaban J connectivity index is 3.28. The molecule has 1 rings (SSSR count). The predicted molar refractivity (Wildman–Crippen MR) is 54.2 cm³/mol. The molecule has 0 aliphatic heterocycles. The second-order valence-electron chi connectivity index (χ2n) is 2.57. The zero-order valence-electron chi connectivity index (χ0n) is 6.70. The van der Waals surface area contributed by atoms with Gasteiger partial charge < -0.3 is 0 Å². The van der Waals surface area contributed by atoms with Crippen molar-refractivity contribution in [3.63, 3.8) is 0 Å². The van der Waals surface area contributed by atoms with Crippen molar-refractivity contribution in [2.75, 3.05) is 0 Å². The zero-order valence-corrected chi connectivity index (χ0v) is 9.11. The minimum absolute atomic E-state index is 0.0141. The second kappa shape index (κ2) is 4.21. The van der Waals surface area contributed by atoms with Crippen LogP contribution in [0.15, 0.2) is 12.1 Å². The third kappa shape index (κ3) is 2.49. The van der Waals surface area contributed by atoms with Gasteiger partial charge in [0.25, 0.3) is 0 Å². The molecule has 0 heterocycles.